The van der Waals surface area contributed by atoms with Crippen LogP contribution in [0.25, 0.3) is 0 Å². The van der Waals surface area contributed by atoms with E-state index in [1.807, 2.05) is 12.1 Å². The molecule has 0 aliphatic heterocycles. The number of hydrogen-bond donors (Lipinski definition) is 0. The number of rotatable bonds is 2. The van der Waals surface area contributed by atoms with E-state index in [0.717, 1.165) is 35.1 Å². The molecular weight excluding hydrogens is 344 g/mol. The van der Waals surface area contributed by atoms with E-state index in [4.69, 9.17) is 0 Å². The summed E-state index contributed by atoms with van der Waals surface area (Å²) in [5, 5.41) is 22.5. The average molecular weight is 366 g/mol. The first-order valence-electron chi connectivity index (χ1n) is 9.07. The van der Waals surface area contributed by atoms with Crippen LogP contribution in [0.4, 0.5) is 11.4 Å². The molecule has 2 aromatic carbocycles. The second kappa shape index (κ2) is 5.15. The van der Waals surface area contributed by atoms with Gasteiger partial charge in [0.15, 0.2) is 0 Å². The number of fused-ring (bicyclic) bond motifs is 4. The first-order valence-corrected chi connectivity index (χ1v) is 9.07. The van der Waals surface area contributed by atoms with Crippen molar-refractivity contribution >= 4 is 11.4 Å². The van der Waals surface area contributed by atoms with E-state index in [1.54, 1.807) is 24.3 Å². The quantitative estimate of drug-likeness (QED) is 0.543. The highest BCUT2D eigenvalue weighted by molar-refractivity contribution is 5.62. The van der Waals surface area contributed by atoms with Crippen molar-refractivity contribution < 1.29 is 9.85 Å². The maximum absolute atomic E-state index is 11.3. The molecule has 0 saturated heterocycles. The van der Waals surface area contributed by atoms with Gasteiger partial charge >= 0.3 is 0 Å². The van der Waals surface area contributed by atoms with Crippen molar-refractivity contribution in [2.24, 2.45) is 0 Å². The first kappa shape index (κ1) is 17.6. The normalized spacial score (nSPS) is 20.3. The third-order valence-electron chi connectivity index (χ3n) is 6.40. The van der Waals surface area contributed by atoms with Gasteiger partial charge in [-0.3, -0.25) is 20.2 Å². The zero-order valence-electron chi connectivity index (χ0n) is 15.9. The van der Waals surface area contributed by atoms with Crippen LogP contribution in [0, 0.1) is 20.2 Å². The van der Waals surface area contributed by atoms with Crippen LogP contribution < -0.4 is 0 Å². The minimum atomic E-state index is -0.350. The van der Waals surface area contributed by atoms with Crippen molar-refractivity contribution in [3.8, 4) is 0 Å². The largest absolute Gasteiger partial charge is 0.269 e. The van der Waals surface area contributed by atoms with Crippen LogP contribution in [0.5, 0.6) is 0 Å². The summed E-state index contributed by atoms with van der Waals surface area (Å²) in [7, 11) is 0. The number of benzene rings is 2. The number of nitro groups is 2. The summed E-state index contributed by atoms with van der Waals surface area (Å²) < 4.78 is 0. The summed E-state index contributed by atoms with van der Waals surface area (Å²) >= 11 is 0. The molecule has 0 saturated carbocycles. The first-order chi connectivity index (χ1) is 12.5. The van der Waals surface area contributed by atoms with Gasteiger partial charge in [-0.25, -0.2) is 0 Å². The third kappa shape index (κ3) is 2.32. The molecule has 0 N–H and O–H groups in total. The SMILES string of the molecule is CC1(C)CC2(CC(C)(C)c3cc([N+](=O)[O-])ccc32)c2ccc([N+](=O)[O-])cc21. The van der Waals surface area contributed by atoms with Crippen molar-refractivity contribution in [2.75, 3.05) is 0 Å². The molecule has 2 aliphatic carbocycles. The molecule has 27 heavy (non-hydrogen) atoms. The molecule has 6 nitrogen and oxygen atoms in total. The lowest BCUT2D eigenvalue weighted by molar-refractivity contribution is -0.385. The Labute approximate surface area is 157 Å². The Bertz CT molecular complexity index is 926. The highest BCUT2D eigenvalue weighted by Gasteiger charge is 2.56. The number of nitrogens with zero attached hydrogens (tertiary/aromatic N) is 2. The molecule has 0 aromatic heterocycles. The second-order valence-corrected chi connectivity index (χ2v) is 9.18. The molecule has 0 bridgehead atoms. The number of non-ortho nitro benzene ring substituents is 2. The van der Waals surface area contributed by atoms with E-state index in [1.165, 1.54) is 0 Å². The van der Waals surface area contributed by atoms with Crippen LogP contribution in [0.15, 0.2) is 36.4 Å². The molecule has 0 fully saturated rings. The van der Waals surface area contributed by atoms with Gasteiger partial charge in [-0.2, -0.15) is 0 Å². The van der Waals surface area contributed by atoms with Crippen molar-refractivity contribution in [3.05, 3.63) is 78.9 Å². The van der Waals surface area contributed by atoms with E-state index in [-0.39, 0.29) is 37.5 Å². The van der Waals surface area contributed by atoms with Crippen molar-refractivity contribution in [1.29, 1.82) is 0 Å². The summed E-state index contributed by atoms with van der Waals surface area (Å²) in [6.45, 7) is 8.50. The second-order valence-electron chi connectivity index (χ2n) is 9.18. The van der Waals surface area contributed by atoms with Gasteiger partial charge in [0.1, 0.15) is 0 Å². The lowest BCUT2D eigenvalue weighted by atomic mass is 9.72. The smallest absolute Gasteiger partial charge is 0.258 e. The third-order valence-corrected chi connectivity index (χ3v) is 6.40. The van der Waals surface area contributed by atoms with Gasteiger partial charge in [0, 0.05) is 29.7 Å². The number of nitro benzene ring substituents is 2. The Morgan fingerprint density at radius 2 is 1.07 bits per heavy atom. The molecular formula is C21H22N2O4. The van der Waals surface area contributed by atoms with Gasteiger partial charge in [-0.15, -0.1) is 0 Å². The molecule has 6 heteroatoms. The molecule has 1 spiro atoms. The van der Waals surface area contributed by atoms with Crippen LogP contribution in [0.1, 0.15) is 62.8 Å². The molecule has 2 aromatic rings. The van der Waals surface area contributed by atoms with E-state index in [9.17, 15) is 20.2 Å². The van der Waals surface area contributed by atoms with E-state index in [0.29, 0.717) is 0 Å². The van der Waals surface area contributed by atoms with Crippen LogP contribution >= 0.6 is 0 Å². The summed E-state index contributed by atoms with van der Waals surface area (Å²) in [4.78, 5) is 21.8. The fourth-order valence-electron chi connectivity index (χ4n) is 5.53. The van der Waals surface area contributed by atoms with E-state index >= 15 is 0 Å². The highest BCUT2D eigenvalue weighted by Crippen LogP contribution is 2.63. The van der Waals surface area contributed by atoms with Gasteiger partial charge in [0.2, 0.25) is 0 Å². The van der Waals surface area contributed by atoms with Gasteiger partial charge in [0.25, 0.3) is 11.4 Å². The molecule has 0 amide bonds. The van der Waals surface area contributed by atoms with Crippen molar-refractivity contribution in [3.63, 3.8) is 0 Å². The Balaban J connectivity index is 1.98. The lowest BCUT2D eigenvalue weighted by Crippen LogP contribution is -2.26. The molecule has 2 aliphatic rings. The van der Waals surface area contributed by atoms with E-state index in [2.05, 4.69) is 27.7 Å². The van der Waals surface area contributed by atoms with Crippen molar-refractivity contribution in [2.45, 2.75) is 56.8 Å². The maximum Gasteiger partial charge on any atom is 0.269 e. The molecule has 0 radical (unpaired) electrons. The van der Waals surface area contributed by atoms with E-state index < -0.39 is 0 Å². The Morgan fingerprint density at radius 1 is 0.704 bits per heavy atom. The topological polar surface area (TPSA) is 86.3 Å². The predicted octanol–water partition coefficient (Wildman–Crippen LogP) is 5.15. The van der Waals surface area contributed by atoms with Gasteiger partial charge in [0.05, 0.1) is 9.85 Å². The van der Waals surface area contributed by atoms with Crippen LogP contribution in [-0.2, 0) is 16.2 Å². The minimum absolute atomic E-state index is 0.111. The molecule has 0 atom stereocenters. The monoisotopic (exact) mass is 366 g/mol. The summed E-state index contributed by atoms with van der Waals surface area (Å²) in [6.07, 6.45) is 1.68. The van der Waals surface area contributed by atoms with Gasteiger partial charge < -0.3 is 0 Å². The zero-order valence-corrected chi connectivity index (χ0v) is 15.9. The van der Waals surface area contributed by atoms with Crippen LogP contribution in [0.3, 0.4) is 0 Å². The molecule has 0 unspecified atom stereocenters. The zero-order chi connectivity index (χ0) is 19.8. The molecule has 140 valence electrons. The molecule has 4 rings (SSSR count). The number of hydrogen-bond acceptors (Lipinski definition) is 4. The molecule has 0 heterocycles. The summed E-state index contributed by atoms with van der Waals surface area (Å²) in [5.41, 5.74) is 3.82. The standard InChI is InChI=1S/C21H22N2O4/c1-19(2)11-21(15-7-5-13(22(24)25)9-17(15)19)12-20(3,4)18-10-14(23(26)27)6-8-16(18)21/h5-10H,11-12H2,1-4H3. The highest BCUT2D eigenvalue weighted by atomic mass is 16.6. The van der Waals surface area contributed by atoms with Crippen LogP contribution in [-0.4, -0.2) is 9.85 Å². The summed E-state index contributed by atoms with van der Waals surface area (Å²) in [6, 6.07) is 10.4. The predicted molar refractivity (Wildman–Crippen MR) is 102 cm³/mol. The summed E-state index contributed by atoms with van der Waals surface area (Å²) in [5.74, 6) is 0. The maximum atomic E-state index is 11.3. The Kier molecular flexibility index (Phi) is 3.37. The van der Waals surface area contributed by atoms with Crippen molar-refractivity contribution in [1.82, 2.24) is 0 Å². The fraction of sp³-hybridized carbons (Fsp3) is 0.429. The lowest BCUT2D eigenvalue weighted by Gasteiger charge is -2.30. The van der Waals surface area contributed by atoms with Crippen LogP contribution in [0.2, 0.25) is 0 Å². The Hall–Kier alpha value is -2.76. The van der Waals surface area contributed by atoms with Gasteiger partial charge in [-0.1, -0.05) is 39.8 Å². The fourth-order valence-corrected chi connectivity index (χ4v) is 5.53. The Morgan fingerprint density at radius 3 is 1.41 bits per heavy atom. The van der Waals surface area contributed by atoms with Gasteiger partial charge in [-0.05, 0) is 45.9 Å². The minimum Gasteiger partial charge on any atom is -0.258 e. The average Bonchev–Trinajstić information content (AvgIpc) is 2.94.